The third-order valence-electron chi connectivity index (χ3n) is 6.04. The van der Waals surface area contributed by atoms with Gasteiger partial charge in [-0.1, -0.05) is 0 Å². The predicted octanol–water partition coefficient (Wildman–Crippen LogP) is 2.12. The van der Waals surface area contributed by atoms with Gasteiger partial charge in [-0.2, -0.15) is 9.61 Å². The number of imide groups is 1. The van der Waals surface area contributed by atoms with Gasteiger partial charge < -0.3 is 20.7 Å². The molecule has 1 atom stereocenters. The van der Waals surface area contributed by atoms with Gasteiger partial charge in [-0.05, 0) is 43.9 Å². The highest BCUT2D eigenvalue weighted by molar-refractivity contribution is 7.17. The second-order valence-corrected chi connectivity index (χ2v) is 9.84. The maximum atomic E-state index is 12.7. The molecule has 5 heterocycles. The van der Waals surface area contributed by atoms with Gasteiger partial charge in [0, 0.05) is 30.8 Å². The molecule has 4 N–H and O–H groups in total. The second kappa shape index (κ2) is 8.78. The third kappa shape index (κ3) is 4.49. The molecule has 0 spiro atoms. The molecule has 2 saturated heterocycles. The van der Waals surface area contributed by atoms with E-state index in [1.54, 1.807) is 22.9 Å². The molecule has 0 radical (unpaired) electrons. The van der Waals surface area contributed by atoms with Gasteiger partial charge in [-0.25, -0.2) is 9.78 Å². The lowest BCUT2D eigenvalue weighted by atomic mass is 10.2. The van der Waals surface area contributed by atoms with Crippen LogP contribution in [0.15, 0.2) is 30.1 Å². The fraction of sp³-hybridized carbons (Fsp3) is 0.348. The second-order valence-electron chi connectivity index (χ2n) is 8.76. The van der Waals surface area contributed by atoms with E-state index in [1.165, 1.54) is 11.3 Å². The van der Waals surface area contributed by atoms with E-state index >= 15 is 0 Å². The summed E-state index contributed by atoms with van der Waals surface area (Å²) in [6.45, 7) is 1.25. The van der Waals surface area contributed by atoms with Crippen LogP contribution in [0.25, 0.3) is 22.3 Å². The summed E-state index contributed by atoms with van der Waals surface area (Å²) in [6.07, 6.45) is 7.39. The molecule has 2 aliphatic heterocycles. The molecule has 4 amide bonds. The minimum Gasteiger partial charge on any atom is -0.376 e. The van der Waals surface area contributed by atoms with Crippen LogP contribution in [0, 0.1) is 0 Å². The van der Waals surface area contributed by atoms with Crippen LogP contribution in [0.3, 0.4) is 0 Å². The van der Waals surface area contributed by atoms with Crippen molar-refractivity contribution in [3.63, 3.8) is 0 Å². The van der Waals surface area contributed by atoms with Crippen LogP contribution in [0.5, 0.6) is 0 Å². The van der Waals surface area contributed by atoms with Gasteiger partial charge in [-0.15, -0.1) is 11.3 Å². The zero-order valence-electron chi connectivity index (χ0n) is 18.7. The number of carbonyl (C=O) groups excluding carboxylic acids is 3. The lowest BCUT2D eigenvalue weighted by Gasteiger charge is -2.10. The number of hydrogen-bond acceptors (Lipinski definition) is 8. The van der Waals surface area contributed by atoms with Crippen molar-refractivity contribution in [3.05, 3.63) is 40.5 Å². The summed E-state index contributed by atoms with van der Waals surface area (Å²) >= 11 is 1.36. The predicted molar refractivity (Wildman–Crippen MR) is 129 cm³/mol. The molecule has 11 nitrogen and oxygen atoms in total. The van der Waals surface area contributed by atoms with Gasteiger partial charge in [0.15, 0.2) is 5.65 Å². The highest BCUT2D eigenvalue weighted by Crippen LogP contribution is 2.32. The monoisotopic (exact) mass is 493 g/mol. The number of amides is 4. The van der Waals surface area contributed by atoms with Crippen molar-refractivity contribution in [3.8, 4) is 10.6 Å². The Hall–Kier alpha value is -3.77. The number of fused-ring (bicyclic) bond motifs is 1. The smallest absolute Gasteiger partial charge is 0.326 e. The molecule has 0 aromatic carbocycles. The number of carbonyl (C=O) groups is 3. The van der Waals surface area contributed by atoms with Gasteiger partial charge in [0.25, 0.3) is 11.8 Å². The SMILES string of the molecule is O=C1NC(=O)/C(=C/c2cnn3c(NC4CC4)cc(-c4ccc(C(=O)NCC5CCCO5)s4)nc23)N1. The number of urea groups is 1. The van der Waals surface area contributed by atoms with E-state index in [9.17, 15) is 14.4 Å². The van der Waals surface area contributed by atoms with Gasteiger partial charge in [0.2, 0.25) is 0 Å². The standard InChI is InChI=1S/C23H23N7O4S/c31-21-16(28-23(33)29-21)8-12-10-25-30-19(26-13-3-4-13)9-15(27-20(12)30)17-5-6-18(35-17)22(32)24-11-14-2-1-7-34-14/h5-6,8-10,13-14,26H,1-4,7,11H2,(H,24,32)(H2,28,29,31,33)/b16-8-. The maximum Gasteiger partial charge on any atom is 0.326 e. The normalized spacial score (nSPS) is 20.9. The third-order valence-corrected chi connectivity index (χ3v) is 7.15. The fourth-order valence-corrected chi connectivity index (χ4v) is 4.97. The molecule has 3 aromatic rings. The first-order valence-electron chi connectivity index (χ1n) is 11.5. The van der Waals surface area contributed by atoms with E-state index in [-0.39, 0.29) is 17.7 Å². The van der Waals surface area contributed by atoms with Crippen molar-refractivity contribution >= 4 is 46.7 Å². The summed E-state index contributed by atoms with van der Waals surface area (Å²) in [5.74, 6) is 0.139. The van der Waals surface area contributed by atoms with Crippen LogP contribution < -0.4 is 21.3 Å². The summed E-state index contributed by atoms with van der Waals surface area (Å²) < 4.78 is 7.27. The molecule has 6 rings (SSSR count). The van der Waals surface area contributed by atoms with Crippen molar-refractivity contribution in [2.45, 2.75) is 37.8 Å². The molecule has 180 valence electrons. The Bertz CT molecular complexity index is 1370. The average Bonchev–Trinajstić information content (AvgIpc) is 3.28. The summed E-state index contributed by atoms with van der Waals surface area (Å²) in [7, 11) is 0. The topological polar surface area (TPSA) is 139 Å². The van der Waals surface area contributed by atoms with Crippen LogP contribution in [0.1, 0.15) is 40.9 Å². The van der Waals surface area contributed by atoms with Crippen molar-refractivity contribution in [2.75, 3.05) is 18.5 Å². The highest BCUT2D eigenvalue weighted by atomic mass is 32.1. The summed E-state index contributed by atoms with van der Waals surface area (Å²) in [6, 6.07) is 5.40. The maximum absolute atomic E-state index is 12.7. The number of aromatic nitrogens is 3. The first-order chi connectivity index (χ1) is 17.0. The van der Waals surface area contributed by atoms with Gasteiger partial charge in [0.1, 0.15) is 11.5 Å². The van der Waals surface area contributed by atoms with E-state index in [1.807, 2.05) is 12.1 Å². The van der Waals surface area contributed by atoms with Crippen LogP contribution in [0.2, 0.25) is 0 Å². The number of thiophene rings is 1. The molecule has 35 heavy (non-hydrogen) atoms. The highest BCUT2D eigenvalue weighted by Gasteiger charge is 2.26. The Morgan fingerprint density at radius 2 is 2.14 bits per heavy atom. The van der Waals surface area contributed by atoms with Gasteiger partial charge in [-0.3, -0.25) is 14.9 Å². The summed E-state index contributed by atoms with van der Waals surface area (Å²) in [4.78, 5) is 42.4. The Morgan fingerprint density at radius 3 is 2.89 bits per heavy atom. The van der Waals surface area contributed by atoms with Crippen LogP contribution in [-0.2, 0) is 9.53 Å². The molecule has 12 heteroatoms. The number of nitrogens with zero attached hydrogens (tertiary/aromatic N) is 3. The first kappa shape index (κ1) is 21.7. The van der Waals surface area contributed by atoms with Gasteiger partial charge >= 0.3 is 6.03 Å². The van der Waals surface area contributed by atoms with E-state index in [2.05, 4.69) is 26.4 Å². The summed E-state index contributed by atoms with van der Waals surface area (Å²) in [5, 5.41) is 15.6. The Morgan fingerprint density at radius 1 is 1.26 bits per heavy atom. The molecule has 1 unspecified atom stereocenters. The van der Waals surface area contributed by atoms with Crippen molar-refractivity contribution in [1.82, 2.24) is 30.5 Å². The number of anilines is 1. The van der Waals surface area contributed by atoms with E-state index in [0.717, 1.165) is 43.0 Å². The first-order valence-corrected chi connectivity index (χ1v) is 12.3. The Labute approximate surface area is 203 Å². The zero-order chi connectivity index (χ0) is 23.9. The van der Waals surface area contributed by atoms with Crippen molar-refractivity contribution in [2.24, 2.45) is 0 Å². The molecular weight excluding hydrogens is 470 g/mol. The van der Waals surface area contributed by atoms with Gasteiger partial charge in [0.05, 0.1) is 27.7 Å². The quantitative estimate of drug-likeness (QED) is 0.292. The number of nitrogens with one attached hydrogen (secondary N) is 4. The molecule has 3 aliphatic rings. The van der Waals surface area contributed by atoms with E-state index in [4.69, 9.17) is 9.72 Å². The Balaban J connectivity index is 1.31. The zero-order valence-corrected chi connectivity index (χ0v) is 19.5. The van der Waals surface area contributed by atoms with Crippen LogP contribution in [0.4, 0.5) is 10.6 Å². The van der Waals surface area contributed by atoms with E-state index < -0.39 is 11.9 Å². The molecule has 1 aliphatic carbocycles. The molecule has 3 aromatic heterocycles. The number of rotatable bonds is 7. The van der Waals surface area contributed by atoms with Crippen molar-refractivity contribution in [1.29, 1.82) is 0 Å². The van der Waals surface area contributed by atoms with E-state index in [0.29, 0.717) is 34.4 Å². The van der Waals surface area contributed by atoms with Crippen LogP contribution >= 0.6 is 11.3 Å². The lowest BCUT2D eigenvalue weighted by molar-refractivity contribution is -0.115. The summed E-state index contributed by atoms with van der Waals surface area (Å²) in [5.41, 5.74) is 1.94. The number of ether oxygens (including phenoxy) is 1. The lowest BCUT2D eigenvalue weighted by Crippen LogP contribution is -2.31. The fourth-order valence-electron chi connectivity index (χ4n) is 4.08. The Kier molecular flexibility index (Phi) is 5.46. The minimum absolute atomic E-state index is 0.0830. The molecule has 1 saturated carbocycles. The van der Waals surface area contributed by atoms with Crippen molar-refractivity contribution < 1.29 is 19.1 Å². The molecular formula is C23H23N7O4S. The minimum atomic E-state index is -0.564. The number of hydrogen-bond donors (Lipinski definition) is 4. The average molecular weight is 494 g/mol. The van der Waals surface area contributed by atoms with Crippen LogP contribution in [-0.4, -0.2) is 57.7 Å². The largest absolute Gasteiger partial charge is 0.376 e. The molecule has 3 fully saturated rings. The molecule has 0 bridgehead atoms.